The Hall–Kier alpha value is -0.414. The molecule has 0 aromatic heterocycles. The van der Waals surface area contributed by atoms with E-state index in [1.807, 2.05) is 0 Å². The van der Waals surface area contributed by atoms with Gasteiger partial charge in [-0.15, -0.1) is 0 Å². The Bertz CT molecular complexity index is 140. The topological polar surface area (TPSA) is 164 Å². The molecule has 8 heteroatoms. The quantitative estimate of drug-likeness (QED) is 0.394. The first kappa shape index (κ1) is 22.6. The number of rotatable bonds is 3. The lowest BCUT2D eigenvalue weighted by molar-refractivity contribution is -0.144. The normalized spacial score (nSPS) is 9.42. The predicted molar refractivity (Wildman–Crippen MR) is 43.6 cm³/mol. The molecule has 72 valence electrons. The van der Waals surface area contributed by atoms with E-state index in [9.17, 15) is 9.59 Å². The third-order valence-electron chi connectivity index (χ3n) is 0.712. The number of hydrogen-bond donors (Lipinski definition) is 3. The van der Waals surface area contributed by atoms with Gasteiger partial charge in [-0.2, -0.15) is 0 Å². The maximum Gasteiger partial charge on any atom is 0.321 e. The monoisotopic (exact) mass is 195 g/mol. The lowest BCUT2D eigenvalue weighted by Crippen LogP contribution is -2.32. The van der Waals surface area contributed by atoms with Gasteiger partial charge in [-0.3, -0.25) is 9.59 Å². The van der Waals surface area contributed by atoms with Gasteiger partial charge in [0.2, 0.25) is 0 Å². The Labute approximate surface area is 84.3 Å². The van der Waals surface area contributed by atoms with Crippen molar-refractivity contribution in [2.45, 2.75) is 12.5 Å². The van der Waals surface area contributed by atoms with Gasteiger partial charge in [0, 0.05) is 0 Å². The zero-order valence-electron chi connectivity index (χ0n) is 5.57. The average Bonchev–Trinajstić information content (AvgIpc) is 1.63. The summed E-state index contributed by atoms with van der Waals surface area (Å²) < 4.78 is 0. The molecule has 0 unspecified atom stereocenters. The third kappa shape index (κ3) is 12.3. The van der Waals surface area contributed by atoms with Gasteiger partial charge in [0.15, 0.2) is 0 Å². The van der Waals surface area contributed by atoms with Gasteiger partial charge >= 0.3 is 35.0 Å². The number of nitrogens with two attached hydrogens (primary N) is 1. The molecule has 0 amide bonds. The molecule has 0 saturated heterocycles. The summed E-state index contributed by atoms with van der Waals surface area (Å²) >= 11 is 0. The van der Waals surface area contributed by atoms with Crippen LogP contribution in [0.25, 0.3) is 0 Å². The van der Waals surface area contributed by atoms with Crippen molar-refractivity contribution in [1.29, 1.82) is 0 Å². The zero-order chi connectivity index (χ0) is 7.44. The standard InChI is InChI=1S/C4H7NO4.Mg.2H2O.2H/c5-2(4(8)9)1-3(6)7;;;;;/h2H,1,5H2,(H,6,7)(H,8,9);;2*1H2;;/t2-;;;;;/m0...../s1. The first-order valence-electron chi connectivity index (χ1n) is 2.24. The van der Waals surface area contributed by atoms with E-state index in [1.165, 1.54) is 0 Å². The summed E-state index contributed by atoms with van der Waals surface area (Å²) in [6.07, 6.45) is -0.532. The molecule has 1 atom stereocenters. The van der Waals surface area contributed by atoms with E-state index in [0.29, 0.717) is 0 Å². The van der Waals surface area contributed by atoms with Crippen LogP contribution in [0.1, 0.15) is 6.42 Å². The van der Waals surface area contributed by atoms with Crippen molar-refractivity contribution in [3.8, 4) is 0 Å². The van der Waals surface area contributed by atoms with E-state index in [0.717, 1.165) is 0 Å². The summed E-state index contributed by atoms with van der Waals surface area (Å²) in [4.78, 5) is 19.6. The summed E-state index contributed by atoms with van der Waals surface area (Å²) in [5, 5.41) is 16.0. The minimum atomic E-state index is -1.29. The Morgan fingerprint density at radius 2 is 1.58 bits per heavy atom. The molecule has 0 aliphatic heterocycles. The lowest BCUT2D eigenvalue weighted by atomic mass is 10.2. The molecule has 0 radical (unpaired) electrons. The fraction of sp³-hybridized carbons (Fsp3) is 0.500. The van der Waals surface area contributed by atoms with Crippen molar-refractivity contribution in [3.63, 3.8) is 0 Å². The lowest BCUT2D eigenvalue weighted by Gasteiger charge is -1.99. The van der Waals surface area contributed by atoms with Crippen LogP contribution in [0.5, 0.6) is 0 Å². The van der Waals surface area contributed by atoms with Gasteiger partial charge in [0.1, 0.15) is 6.04 Å². The van der Waals surface area contributed by atoms with E-state index in [1.54, 1.807) is 0 Å². The van der Waals surface area contributed by atoms with E-state index in [4.69, 9.17) is 15.9 Å². The van der Waals surface area contributed by atoms with Crippen molar-refractivity contribution in [1.82, 2.24) is 0 Å². The smallest absolute Gasteiger partial charge is 0.321 e. The summed E-state index contributed by atoms with van der Waals surface area (Å²) in [6, 6.07) is -1.29. The van der Waals surface area contributed by atoms with Crippen LogP contribution in [-0.4, -0.2) is 62.2 Å². The van der Waals surface area contributed by atoms with Crippen molar-refractivity contribution in [2.75, 3.05) is 0 Å². The third-order valence-corrected chi connectivity index (χ3v) is 0.712. The highest BCUT2D eigenvalue weighted by Crippen LogP contribution is 1.86. The Kier molecular flexibility index (Phi) is 19.9. The molecule has 0 saturated carbocycles. The first-order chi connectivity index (χ1) is 4.04. The Morgan fingerprint density at radius 3 is 1.67 bits per heavy atom. The van der Waals surface area contributed by atoms with E-state index >= 15 is 0 Å². The fourth-order valence-corrected chi connectivity index (χ4v) is 0.275. The van der Waals surface area contributed by atoms with Crippen LogP contribution in [0.4, 0.5) is 0 Å². The molecule has 0 aromatic carbocycles. The van der Waals surface area contributed by atoms with E-state index in [2.05, 4.69) is 0 Å². The zero-order valence-corrected chi connectivity index (χ0v) is 5.57. The van der Waals surface area contributed by atoms with Crippen molar-refractivity contribution < 1.29 is 30.8 Å². The molecule has 0 fully saturated rings. The molecular weight excluding hydrogens is 182 g/mol. The van der Waals surface area contributed by atoms with Crippen LogP contribution in [0.15, 0.2) is 0 Å². The molecule has 0 heterocycles. The molecular formula is C4H13MgNO6. The summed E-state index contributed by atoms with van der Waals surface area (Å²) in [5.41, 5.74) is 4.84. The predicted octanol–water partition coefficient (Wildman–Crippen LogP) is -3.69. The second-order valence-corrected chi connectivity index (χ2v) is 1.54. The number of aliphatic carboxylic acids is 2. The van der Waals surface area contributed by atoms with Gasteiger partial charge in [0.25, 0.3) is 0 Å². The SMILES string of the molecule is N[C@@H](CC(=O)O)C(=O)O.O.O.[MgH2]. The van der Waals surface area contributed by atoms with Crippen LogP contribution < -0.4 is 5.73 Å². The molecule has 0 bridgehead atoms. The van der Waals surface area contributed by atoms with Crippen molar-refractivity contribution in [3.05, 3.63) is 0 Å². The van der Waals surface area contributed by atoms with Crippen LogP contribution in [-0.2, 0) is 9.59 Å². The van der Waals surface area contributed by atoms with Crippen LogP contribution >= 0.6 is 0 Å². The molecule has 12 heavy (non-hydrogen) atoms. The maximum atomic E-state index is 9.85. The molecule has 0 aliphatic carbocycles. The largest absolute Gasteiger partial charge is 0.481 e. The highest BCUT2D eigenvalue weighted by atomic mass is 24.3. The minimum Gasteiger partial charge on any atom is -0.481 e. The van der Waals surface area contributed by atoms with Gasteiger partial charge in [-0.05, 0) is 0 Å². The van der Waals surface area contributed by atoms with E-state index < -0.39 is 24.4 Å². The van der Waals surface area contributed by atoms with Gasteiger partial charge in [0.05, 0.1) is 6.42 Å². The molecule has 0 aliphatic rings. The number of hydrogen-bond acceptors (Lipinski definition) is 3. The summed E-state index contributed by atoms with van der Waals surface area (Å²) in [6.45, 7) is 0. The summed E-state index contributed by atoms with van der Waals surface area (Å²) in [5.74, 6) is -2.50. The Morgan fingerprint density at radius 1 is 1.25 bits per heavy atom. The second-order valence-electron chi connectivity index (χ2n) is 1.54. The van der Waals surface area contributed by atoms with Crippen LogP contribution in [0.3, 0.4) is 0 Å². The maximum absolute atomic E-state index is 9.85. The fourth-order valence-electron chi connectivity index (χ4n) is 0.275. The Balaban J connectivity index is -0.000000107. The number of carboxylic acids is 2. The average molecular weight is 195 g/mol. The molecule has 0 aromatic rings. The van der Waals surface area contributed by atoms with Gasteiger partial charge in [-0.1, -0.05) is 0 Å². The van der Waals surface area contributed by atoms with Gasteiger partial charge in [-0.25, -0.2) is 0 Å². The molecule has 7 nitrogen and oxygen atoms in total. The molecule has 8 N–H and O–H groups in total. The van der Waals surface area contributed by atoms with Crippen molar-refractivity contribution in [2.24, 2.45) is 5.73 Å². The molecule has 0 rings (SSSR count). The van der Waals surface area contributed by atoms with Crippen LogP contribution in [0, 0.1) is 0 Å². The molecule has 0 spiro atoms. The number of carboxylic acid groups (broad SMARTS) is 2. The highest BCUT2D eigenvalue weighted by molar-refractivity contribution is 5.80. The highest BCUT2D eigenvalue weighted by Gasteiger charge is 2.14. The van der Waals surface area contributed by atoms with Crippen molar-refractivity contribution >= 4 is 35.0 Å². The summed E-state index contributed by atoms with van der Waals surface area (Å²) in [7, 11) is 0. The van der Waals surface area contributed by atoms with Gasteiger partial charge < -0.3 is 26.9 Å². The number of carbonyl (C=O) groups is 2. The minimum absolute atomic E-state index is 0. The van der Waals surface area contributed by atoms with E-state index in [-0.39, 0.29) is 34.0 Å². The first-order valence-corrected chi connectivity index (χ1v) is 2.24. The van der Waals surface area contributed by atoms with Crippen LogP contribution in [0.2, 0.25) is 0 Å². The second kappa shape index (κ2) is 10.6.